The maximum Gasteiger partial charge on any atom is 0.205 e. The zero-order valence-electron chi connectivity index (χ0n) is 10.6. The van der Waals surface area contributed by atoms with Crippen LogP contribution in [0.4, 0.5) is 5.95 Å². The fourth-order valence-corrected chi connectivity index (χ4v) is 2.48. The van der Waals surface area contributed by atoms with Crippen molar-refractivity contribution in [1.29, 1.82) is 0 Å². The van der Waals surface area contributed by atoms with Crippen molar-refractivity contribution in [2.75, 3.05) is 5.73 Å². The van der Waals surface area contributed by atoms with E-state index in [-0.39, 0.29) is 0 Å². The van der Waals surface area contributed by atoms with Gasteiger partial charge in [0.1, 0.15) is 5.52 Å². The van der Waals surface area contributed by atoms with Gasteiger partial charge in [-0.2, -0.15) is 0 Å². The number of aryl methyl sites for hydroxylation is 1. The van der Waals surface area contributed by atoms with Crippen molar-refractivity contribution in [2.45, 2.75) is 13.3 Å². The van der Waals surface area contributed by atoms with Crippen LogP contribution in [0.1, 0.15) is 12.5 Å². The average Bonchev–Trinajstić information content (AvgIpc) is 2.77. The summed E-state index contributed by atoms with van der Waals surface area (Å²) in [5.41, 5.74) is 9.99. The van der Waals surface area contributed by atoms with E-state index >= 15 is 0 Å². The molecule has 0 aliphatic rings. The van der Waals surface area contributed by atoms with Gasteiger partial charge >= 0.3 is 0 Å². The molecular formula is C15H14ClN3. The number of imidazole rings is 1. The number of nitrogens with two attached hydrogens (primary N) is 1. The Morgan fingerprint density at radius 3 is 2.79 bits per heavy atom. The van der Waals surface area contributed by atoms with Gasteiger partial charge in [-0.25, -0.2) is 4.98 Å². The molecule has 0 bridgehead atoms. The largest absolute Gasteiger partial charge is 0.369 e. The molecule has 1 aromatic heterocycles. The van der Waals surface area contributed by atoms with Crippen LogP contribution >= 0.6 is 11.6 Å². The molecular weight excluding hydrogens is 258 g/mol. The summed E-state index contributed by atoms with van der Waals surface area (Å²) in [4.78, 5) is 4.35. The highest BCUT2D eigenvalue weighted by molar-refractivity contribution is 6.35. The molecule has 96 valence electrons. The zero-order valence-corrected chi connectivity index (χ0v) is 11.4. The van der Waals surface area contributed by atoms with Crippen molar-refractivity contribution in [3.05, 3.63) is 53.1 Å². The molecule has 0 spiro atoms. The minimum Gasteiger partial charge on any atom is -0.369 e. The predicted molar refractivity (Wildman–Crippen MR) is 79.9 cm³/mol. The first kappa shape index (κ1) is 12.1. The summed E-state index contributed by atoms with van der Waals surface area (Å²) in [6, 6.07) is 14.0. The van der Waals surface area contributed by atoms with E-state index in [0.717, 1.165) is 23.1 Å². The molecule has 19 heavy (non-hydrogen) atoms. The maximum atomic E-state index is 6.16. The molecule has 2 aromatic carbocycles. The number of benzene rings is 2. The number of fused-ring (bicyclic) bond motifs is 1. The first-order valence-corrected chi connectivity index (χ1v) is 6.60. The van der Waals surface area contributed by atoms with Gasteiger partial charge in [0.15, 0.2) is 0 Å². The molecule has 0 saturated heterocycles. The van der Waals surface area contributed by atoms with Crippen LogP contribution < -0.4 is 5.73 Å². The quantitative estimate of drug-likeness (QED) is 0.770. The standard InChI is InChI=1S/C15H14ClN3/c1-2-10-5-3-6-11(9-10)19-13-8-4-7-12(16)14(13)18-15(19)17/h3-9H,2H2,1H3,(H2,17,18). The highest BCUT2D eigenvalue weighted by Crippen LogP contribution is 2.28. The van der Waals surface area contributed by atoms with E-state index in [1.807, 2.05) is 34.9 Å². The summed E-state index contributed by atoms with van der Waals surface area (Å²) in [7, 11) is 0. The van der Waals surface area contributed by atoms with E-state index in [1.54, 1.807) is 0 Å². The summed E-state index contributed by atoms with van der Waals surface area (Å²) in [6.45, 7) is 2.13. The molecule has 3 rings (SSSR count). The van der Waals surface area contributed by atoms with Gasteiger partial charge in [-0.15, -0.1) is 0 Å². The van der Waals surface area contributed by atoms with Crippen LogP contribution in [0.5, 0.6) is 0 Å². The fourth-order valence-electron chi connectivity index (χ4n) is 2.27. The third kappa shape index (κ3) is 1.96. The van der Waals surface area contributed by atoms with Crippen LogP contribution in [0.15, 0.2) is 42.5 Å². The molecule has 0 aliphatic carbocycles. The lowest BCUT2D eigenvalue weighted by Crippen LogP contribution is -2.01. The predicted octanol–water partition coefficient (Wildman–Crippen LogP) is 3.82. The lowest BCUT2D eigenvalue weighted by atomic mass is 10.1. The second-order valence-electron chi connectivity index (χ2n) is 4.44. The number of nitrogens with zero attached hydrogens (tertiary/aromatic N) is 2. The normalized spacial score (nSPS) is 11.1. The Morgan fingerprint density at radius 2 is 2.00 bits per heavy atom. The van der Waals surface area contributed by atoms with Crippen molar-refractivity contribution in [1.82, 2.24) is 9.55 Å². The number of rotatable bonds is 2. The van der Waals surface area contributed by atoms with Crippen molar-refractivity contribution >= 4 is 28.6 Å². The molecule has 0 radical (unpaired) electrons. The number of halogens is 1. The highest BCUT2D eigenvalue weighted by Gasteiger charge is 2.12. The van der Waals surface area contributed by atoms with Gasteiger partial charge in [-0.05, 0) is 36.2 Å². The van der Waals surface area contributed by atoms with Crippen molar-refractivity contribution in [2.24, 2.45) is 0 Å². The van der Waals surface area contributed by atoms with Crippen molar-refractivity contribution < 1.29 is 0 Å². The lowest BCUT2D eigenvalue weighted by Gasteiger charge is -2.08. The number of nitrogen functional groups attached to an aromatic ring is 1. The number of para-hydroxylation sites is 1. The summed E-state index contributed by atoms with van der Waals surface area (Å²) in [5, 5.41) is 0.620. The Hall–Kier alpha value is -2.00. The van der Waals surface area contributed by atoms with E-state index in [1.165, 1.54) is 5.56 Å². The zero-order chi connectivity index (χ0) is 13.4. The van der Waals surface area contributed by atoms with Crippen LogP contribution in [0.25, 0.3) is 16.7 Å². The van der Waals surface area contributed by atoms with Crippen molar-refractivity contribution in [3.63, 3.8) is 0 Å². The third-order valence-electron chi connectivity index (χ3n) is 3.24. The average molecular weight is 272 g/mol. The molecule has 0 amide bonds. The number of aromatic nitrogens is 2. The van der Waals surface area contributed by atoms with E-state index in [9.17, 15) is 0 Å². The number of hydrogen-bond acceptors (Lipinski definition) is 2. The summed E-state index contributed by atoms with van der Waals surface area (Å²) < 4.78 is 1.93. The minimum absolute atomic E-state index is 0.455. The van der Waals surface area contributed by atoms with Crippen LogP contribution in [0.3, 0.4) is 0 Å². The van der Waals surface area contributed by atoms with Crippen molar-refractivity contribution in [3.8, 4) is 5.69 Å². The van der Waals surface area contributed by atoms with E-state index < -0.39 is 0 Å². The Bertz CT molecular complexity index is 746. The topological polar surface area (TPSA) is 43.8 Å². The Balaban J connectivity index is 2.30. The molecule has 0 aliphatic heterocycles. The number of hydrogen-bond donors (Lipinski definition) is 1. The van der Waals surface area contributed by atoms with Crippen LogP contribution in [0.2, 0.25) is 5.02 Å². The maximum absolute atomic E-state index is 6.16. The smallest absolute Gasteiger partial charge is 0.205 e. The van der Waals surface area contributed by atoms with Gasteiger partial charge in [0.2, 0.25) is 5.95 Å². The Morgan fingerprint density at radius 1 is 1.21 bits per heavy atom. The molecule has 2 N–H and O–H groups in total. The number of anilines is 1. The molecule has 1 heterocycles. The third-order valence-corrected chi connectivity index (χ3v) is 3.54. The van der Waals surface area contributed by atoms with Gasteiger partial charge < -0.3 is 5.73 Å². The highest BCUT2D eigenvalue weighted by atomic mass is 35.5. The first-order chi connectivity index (χ1) is 9.20. The van der Waals surface area contributed by atoms with Gasteiger partial charge in [0.25, 0.3) is 0 Å². The fraction of sp³-hybridized carbons (Fsp3) is 0.133. The molecule has 3 aromatic rings. The Labute approximate surface area is 116 Å². The van der Waals surface area contributed by atoms with Gasteiger partial charge in [0, 0.05) is 5.69 Å². The summed E-state index contributed by atoms with van der Waals surface area (Å²) in [6.07, 6.45) is 0.987. The van der Waals surface area contributed by atoms with E-state index in [2.05, 4.69) is 24.0 Å². The monoisotopic (exact) mass is 271 g/mol. The first-order valence-electron chi connectivity index (χ1n) is 6.22. The molecule has 3 nitrogen and oxygen atoms in total. The molecule has 4 heteroatoms. The van der Waals surface area contributed by atoms with E-state index in [0.29, 0.717) is 11.0 Å². The molecule has 0 unspecified atom stereocenters. The second-order valence-corrected chi connectivity index (χ2v) is 4.84. The van der Waals surface area contributed by atoms with Gasteiger partial charge in [-0.1, -0.05) is 36.7 Å². The molecule has 0 saturated carbocycles. The van der Waals surface area contributed by atoms with Crippen LogP contribution in [-0.2, 0) is 6.42 Å². The van der Waals surface area contributed by atoms with Gasteiger partial charge in [0.05, 0.1) is 10.5 Å². The molecule has 0 atom stereocenters. The lowest BCUT2D eigenvalue weighted by molar-refractivity contribution is 1.08. The van der Waals surface area contributed by atoms with Crippen LogP contribution in [0, 0.1) is 0 Å². The summed E-state index contributed by atoms with van der Waals surface area (Å²) in [5.74, 6) is 0.455. The molecule has 0 fully saturated rings. The van der Waals surface area contributed by atoms with E-state index in [4.69, 9.17) is 17.3 Å². The van der Waals surface area contributed by atoms with Crippen LogP contribution in [-0.4, -0.2) is 9.55 Å². The van der Waals surface area contributed by atoms with Gasteiger partial charge in [-0.3, -0.25) is 4.57 Å². The summed E-state index contributed by atoms with van der Waals surface area (Å²) >= 11 is 6.16. The second kappa shape index (κ2) is 4.59. The SMILES string of the molecule is CCc1cccc(-n2c(N)nc3c(Cl)cccc32)c1. The Kier molecular flexibility index (Phi) is 2.91. The minimum atomic E-state index is 0.455.